The number of hydrogen-bond donors (Lipinski definition) is 1. The second-order valence-corrected chi connectivity index (χ2v) is 10.0. The molecule has 0 saturated carbocycles. The number of aliphatic imine (C=N–C) groups is 1. The molecule has 1 aromatic heterocycles. The van der Waals surface area contributed by atoms with Gasteiger partial charge in [0.2, 0.25) is 5.91 Å². The molecule has 2 saturated heterocycles. The van der Waals surface area contributed by atoms with Gasteiger partial charge in [0, 0.05) is 31.1 Å². The summed E-state index contributed by atoms with van der Waals surface area (Å²) in [4.78, 5) is 21.9. The van der Waals surface area contributed by atoms with E-state index in [4.69, 9.17) is 4.99 Å². The van der Waals surface area contributed by atoms with Crippen LogP contribution in [0.5, 0.6) is 0 Å². The second-order valence-electron chi connectivity index (χ2n) is 6.76. The van der Waals surface area contributed by atoms with Crippen molar-refractivity contribution in [3.63, 3.8) is 0 Å². The van der Waals surface area contributed by atoms with Gasteiger partial charge in [-0.2, -0.15) is 0 Å². The lowest BCUT2D eigenvalue weighted by atomic mass is 10.1. The van der Waals surface area contributed by atoms with E-state index in [1.165, 1.54) is 0 Å². The molecule has 1 N–H and O–H groups in total. The number of nitrogens with one attached hydrogen (secondary N) is 1. The Morgan fingerprint density at radius 3 is 2.81 bits per heavy atom. The highest BCUT2D eigenvalue weighted by atomic mass is 127. The number of amides is 1. The van der Waals surface area contributed by atoms with Crippen LogP contribution in [-0.4, -0.2) is 74.3 Å². The van der Waals surface area contributed by atoms with Crippen LogP contribution in [0.15, 0.2) is 22.5 Å². The van der Waals surface area contributed by atoms with Crippen LogP contribution >= 0.6 is 35.3 Å². The van der Waals surface area contributed by atoms with E-state index in [-0.39, 0.29) is 47.3 Å². The van der Waals surface area contributed by atoms with Crippen molar-refractivity contribution in [2.45, 2.75) is 19.9 Å². The molecule has 7 nitrogen and oxygen atoms in total. The van der Waals surface area contributed by atoms with Crippen molar-refractivity contribution in [2.24, 2.45) is 10.9 Å². The van der Waals surface area contributed by atoms with Gasteiger partial charge < -0.3 is 15.1 Å². The molecular weight excluding hydrogens is 499 g/mol. The predicted molar refractivity (Wildman–Crippen MR) is 119 cm³/mol. The normalized spacial score (nSPS) is 22.6. The molecule has 152 valence electrons. The van der Waals surface area contributed by atoms with E-state index in [1.54, 1.807) is 11.3 Å². The molecule has 27 heavy (non-hydrogen) atoms. The highest BCUT2D eigenvalue weighted by Gasteiger charge is 2.29. The molecule has 2 fully saturated rings. The van der Waals surface area contributed by atoms with Gasteiger partial charge in [-0.1, -0.05) is 6.07 Å². The van der Waals surface area contributed by atoms with E-state index in [2.05, 4.69) is 5.32 Å². The summed E-state index contributed by atoms with van der Waals surface area (Å²) in [5, 5.41) is 5.35. The van der Waals surface area contributed by atoms with Crippen LogP contribution in [0.25, 0.3) is 0 Å². The van der Waals surface area contributed by atoms with Crippen LogP contribution in [0, 0.1) is 5.92 Å². The number of sulfone groups is 1. The van der Waals surface area contributed by atoms with Crippen LogP contribution in [-0.2, 0) is 21.2 Å². The average Bonchev–Trinajstić information content (AvgIpc) is 3.24. The Bertz CT molecular complexity index is 752. The zero-order valence-electron chi connectivity index (χ0n) is 15.5. The van der Waals surface area contributed by atoms with Crippen LogP contribution in [0.4, 0.5) is 0 Å². The molecule has 0 aromatic carbocycles. The van der Waals surface area contributed by atoms with E-state index in [9.17, 15) is 13.2 Å². The molecule has 1 atom stereocenters. The van der Waals surface area contributed by atoms with Gasteiger partial charge in [0.15, 0.2) is 15.8 Å². The van der Waals surface area contributed by atoms with Crippen molar-refractivity contribution in [3.8, 4) is 0 Å². The minimum Gasteiger partial charge on any atom is -0.356 e. The van der Waals surface area contributed by atoms with Crippen molar-refractivity contribution in [1.82, 2.24) is 15.1 Å². The second kappa shape index (κ2) is 10.1. The molecule has 1 unspecified atom stereocenters. The first-order valence-electron chi connectivity index (χ1n) is 9.00. The number of likely N-dealkylation sites (N-methyl/N-ethyl adjacent to an activating group) is 1. The van der Waals surface area contributed by atoms with Gasteiger partial charge in [-0.15, -0.1) is 35.3 Å². The zero-order chi connectivity index (χ0) is 18.6. The number of piperazine rings is 1. The maximum absolute atomic E-state index is 12.2. The topological polar surface area (TPSA) is 82.1 Å². The van der Waals surface area contributed by atoms with Crippen molar-refractivity contribution >= 4 is 57.0 Å². The summed E-state index contributed by atoms with van der Waals surface area (Å²) in [5.41, 5.74) is 0. The highest BCUT2D eigenvalue weighted by molar-refractivity contribution is 14.0. The molecule has 0 bridgehead atoms. The average molecular weight is 526 g/mol. The van der Waals surface area contributed by atoms with E-state index in [1.807, 2.05) is 34.2 Å². The Kier molecular flexibility index (Phi) is 8.35. The third-order valence-corrected chi connectivity index (χ3v) is 7.54. The zero-order valence-corrected chi connectivity index (χ0v) is 19.4. The van der Waals surface area contributed by atoms with Gasteiger partial charge >= 0.3 is 0 Å². The summed E-state index contributed by atoms with van der Waals surface area (Å²) in [6.07, 6.45) is 0.691. The van der Waals surface area contributed by atoms with Crippen LogP contribution in [0.1, 0.15) is 18.2 Å². The van der Waals surface area contributed by atoms with Gasteiger partial charge in [0.1, 0.15) is 0 Å². The van der Waals surface area contributed by atoms with Gasteiger partial charge in [0.25, 0.3) is 0 Å². The summed E-state index contributed by atoms with van der Waals surface area (Å²) in [6, 6.07) is 4.03. The minimum atomic E-state index is -2.89. The lowest BCUT2D eigenvalue weighted by Crippen LogP contribution is -2.55. The Labute approximate surface area is 182 Å². The molecule has 1 aromatic rings. The third kappa shape index (κ3) is 6.31. The lowest BCUT2D eigenvalue weighted by Gasteiger charge is -2.35. The number of carbonyl (C=O) groups excluding carboxylic acids is 1. The Morgan fingerprint density at radius 1 is 1.41 bits per heavy atom. The number of hydrogen-bond acceptors (Lipinski definition) is 5. The molecule has 3 heterocycles. The maximum atomic E-state index is 12.2. The molecule has 0 spiro atoms. The van der Waals surface area contributed by atoms with Gasteiger partial charge in [-0.25, -0.2) is 13.4 Å². The Morgan fingerprint density at radius 2 is 2.22 bits per heavy atom. The van der Waals surface area contributed by atoms with Gasteiger partial charge in [-0.05, 0) is 30.7 Å². The number of halogens is 1. The first-order chi connectivity index (χ1) is 12.5. The quantitative estimate of drug-likeness (QED) is 0.357. The van der Waals surface area contributed by atoms with Crippen LogP contribution in [0.3, 0.4) is 0 Å². The van der Waals surface area contributed by atoms with Crippen molar-refractivity contribution in [2.75, 3.05) is 44.2 Å². The smallest absolute Gasteiger partial charge is 0.242 e. The number of rotatable bonds is 5. The van der Waals surface area contributed by atoms with Crippen molar-refractivity contribution in [1.29, 1.82) is 0 Å². The first-order valence-corrected chi connectivity index (χ1v) is 11.7. The lowest BCUT2D eigenvalue weighted by molar-refractivity contribution is -0.134. The highest BCUT2D eigenvalue weighted by Crippen LogP contribution is 2.18. The molecular formula is C17H27IN4O3S2. The fourth-order valence-corrected chi connectivity index (χ4v) is 5.81. The molecule has 2 aliphatic rings. The fourth-order valence-electron chi connectivity index (χ4n) is 3.32. The summed E-state index contributed by atoms with van der Waals surface area (Å²) < 4.78 is 23.3. The molecule has 10 heteroatoms. The summed E-state index contributed by atoms with van der Waals surface area (Å²) in [7, 11) is -2.89. The first kappa shape index (κ1) is 22.4. The number of thiophene rings is 1. The van der Waals surface area contributed by atoms with Crippen LogP contribution < -0.4 is 5.32 Å². The standard InChI is InChI=1S/C17H26N4O3S2.HI/c1-2-20-6-7-21(12-16(20)22)17(19-11-15-4-3-8-25-15)18-10-14-5-9-26(23,24)13-14;/h3-4,8,14H,2,5-7,9-13H2,1H3,(H,18,19);1H. The largest absolute Gasteiger partial charge is 0.356 e. The van der Waals surface area contributed by atoms with E-state index in [0.29, 0.717) is 38.6 Å². The molecule has 3 rings (SSSR count). The summed E-state index contributed by atoms with van der Waals surface area (Å²) >= 11 is 1.65. The molecule has 0 aliphatic carbocycles. The van der Waals surface area contributed by atoms with Crippen molar-refractivity contribution < 1.29 is 13.2 Å². The molecule has 1 amide bonds. The minimum absolute atomic E-state index is 0. The number of nitrogens with zero attached hydrogens (tertiary/aromatic N) is 3. The molecule has 2 aliphatic heterocycles. The Hall–Kier alpha value is -0.880. The van der Waals surface area contributed by atoms with E-state index >= 15 is 0 Å². The van der Waals surface area contributed by atoms with Crippen LogP contribution in [0.2, 0.25) is 0 Å². The van der Waals surface area contributed by atoms with Gasteiger partial charge in [0.05, 0.1) is 24.6 Å². The number of carbonyl (C=O) groups is 1. The summed E-state index contributed by atoms with van der Waals surface area (Å²) in [5.74, 6) is 1.43. The SMILES string of the molecule is CCN1CCN(C(=NCc2cccs2)NCC2CCS(=O)(=O)C2)CC1=O.I. The maximum Gasteiger partial charge on any atom is 0.242 e. The summed E-state index contributed by atoms with van der Waals surface area (Å²) in [6.45, 7) is 5.58. The monoisotopic (exact) mass is 526 g/mol. The van der Waals surface area contributed by atoms with Gasteiger partial charge in [-0.3, -0.25) is 4.79 Å². The van der Waals surface area contributed by atoms with E-state index < -0.39 is 9.84 Å². The third-order valence-electron chi connectivity index (χ3n) is 4.84. The number of guanidine groups is 1. The molecule has 0 radical (unpaired) electrons. The predicted octanol–water partition coefficient (Wildman–Crippen LogP) is 1.41. The fraction of sp³-hybridized carbons (Fsp3) is 0.647. The van der Waals surface area contributed by atoms with E-state index in [0.717, 1.165) is 18.0 Å². The van der Waals surface area contributed by atoms with Crippen molar-refractivity contribution in [3.05, 3.63) is 22.4 Å². The Balaban J connectivity index is 0.00000261.